The fourth-order valence-corrected chi connectivity index (χ4v) is 3.08. The van der Waals surface area contributed by atoms with Crippen LogP contribution in [0.5, 0.6) is 0 Å². The summed E-state index contributed by atoms with van der Waals surface area (Å²) in [6, 6.07) is 7.52. The van der Waals surface area contributed by atoms with Crippen LogP contribution in [-0.4, -0.2) is 45.7 Å². The molecular weight excluding hydrogens is 340 g/mol. The Morgan fingerprint density at radius 1 is 1.25 bits per heavy atom. The smallest absolute Gasteiger partial charge is 0.254 e. The fourth-order valence-electron chi connectivity index (χ4n) is 2.24. The van der Waals surface area contributed by atoms with Crippen molar-refractivity contribution in [2.24, 2.45) is 0 Å². The predicted octanol–water partition coefficient (Wildman–Crippen LogP) is 2.26. The molecule has 5 nitrogen and oxygen atoms in total. The van der Waals surface area contributed by atoms with Crippen LogP contribution in [0.25, 0.3) is 0 Å². The first-order chi connectivity index (χ1) is 9.74. The maximum atomic E-state index is 12.4. The Morgan fingerprint density at radius 3 is 2.70 bits per heavy atom. The number of carbonyl (C=O) groups excluding carboxylic acids is 1. The summed E-state index contributed by atoms with van der Waals surface area (Å²) >= 11 is 4.61. The van der Waals surface area contributed by atoms with Crippen molar-refractivity contribution >= 4 is 39.4 Å². The molecule has 1 fully saturated rings. The van der Waals surface area contributed by atoms with E-state index in [2.05, 4.69) is 29.6 Å². The Kier molecular flexibility index (Phi) is 3.98. The molecule has 0 atom stereocenters. The largest absolute Gasteiger partial charge is 0.351 e. The normalized spacial score (nSPS) is 15.4. The molecule has 0 spiro atoms. The average molecular weight is 353 g/mol. The lowest BCUT2D eigenvalue weighted by Gasteiger charge is -2.34. The van der Waals surface area contributed by atoms with Gasteiger partial charge in [-0.25, -0.2) is 0 Å². The van der Waals surface area contributed by atoms with Gasteiger partial charge in [-0.3, -0.25) is 4.79 Å². The Morgan fingerprint density at radius 2 is 2.05 bits per heavy atom. The zero-order valence-corrected chi connectivity index (χ0v) is 13.1. The first-order valence-electron chi connectivity index (χ1n) is 6.31. The van der Waals surface area contributed by atoms with Gasteiger partial charge in [0.25, 0.3) is 5.91 Å². The molecule has 1 aliphatic heterocycles. The number of anilines is 1. The minimum absolute atomic E-state index is 0.0855. The van der Waals surface area contributed by atoms with E-state index in [0.717, 1.165) is 28.9 Å². The van der Waals surface area contributed by atoms with Crippen LogP contribution in [0.3, 0.4) is 0 Å². The van der Waals surface area contributed by atoms with Crippen LogP contribution in [0.4, 0.5) is 5.82 Å². The molecule has 0 radical (unpaired) electrons. The van der Waals surface area contributed by atoms with Gasteiger partial charge in [0.15, 0.2) is 5.82 Å². The third-order valence-corrected chi connectivity index (χ3v) is 4.27. The minimum Gasteiger partial charge on any atom is -0.351 e. The van der Waals surface area contributed by atoms with Crippen molar-refractivity contribution in [1.29, 1.82) is 0 Å². The van der Waals surface area contributed by atoms with Crippen molar-refractivity contribution < 1.29 is 4.79 Å². The molecule has 0 bridgehead atoms. The van der Waals surface area contributed by atoms with Crippen molar-refractivity contribution in [3.8, 4) is 0 Å². The number of carbonyl (C=O) groups is 1. The van der Waals surface area contributed by atoms with Gasteiger partial charge in [0.2, 0.25) is 0 Å². The molecular formula is C13H13BrN4OS. The summed E-state index contributed by atoms with van der Waals surface area (Å²) in [5, 5.41) is 0. The van der Waals surface area contributed by atoms with Crippen molar-refractivity contribution in [3.05, 3.63) is 40.5 Å². The molecule has 2 heterocycles. The molecule has 0 saturated carbocycles. The number of benzene rings is 1. The topological polar surface area (TPSA) is 49.3 Å². The van der Waals surface area contributed by atoms with Crippen molar-refractivity contribution in [3.63, 3.8) is 0 Å². The third kappa shape index (κ3) is 2.83. The van der Waals surface area contributed by atoms with Crippen molar-refractivity contribution in [2.45, 2.75) is 0 Å². The number of hydrogen-bond acceptors (Lipinski definition) is 5. The van der Waals surface area contributed by atoms with Gasteiger partial charge >= 0.3 is 0 Å². The highest BCUT2D eigenvalue weighted by Gasteiger charge is 2.23. The number of halogens is 1. The second-order valence-electron chi connectivity index (χ2n) is 4.56. The zero-order chi connectivity index (χ0) is 13.9. The molecule has 104 valence electrons. The van der Waals surface area contributed by atoms with Crippen LogP contribution >= 0.6 is 27.7 Å². The Hall–Kier alpha value is -1.47. The number of aromatic nitrogens is 2. The maximum absolute atomic E-state index is 12.4. The lowest BCUT2D eigenvalue weighted by molar-refractivity contribution is 0.0746. The van der Waals surface area contributed by atoms with E-state index >= 15 is 0 Å². The minimum atomic E-state index is 0.0855. The molecule has 20 heavy (non-hydrogen) atoms. The van der Waals surface area contributed by atoms with Crippen LogP contribution in [0.15, 0.2) is 34.9 Å². The standard InChI is InChI=1S/C13H13BrN4OS/c14-11-3-1-2-10(8-11)13(19)18-6-4-17(5-7-18)12-9-15-20-16-12/h1-3,8-9H,4-7H2. The molecule has 7 heteroatoms. The summed E-state index contributed by atoms with van der Waals surface area (Å²) in [5.41, 5.74) is 0.725. The van der Waals surface area contributed by atoms with Gasteiger partial charge < -0.3 is 9.80 Å². The Balaban J connectivity index is 1.65. The second-order valence-corrected chi connectivity index (χ2v) is 6.03. The number of rotatable bonds is 2. The second kappa shape index (κ2) is 5.88. The molecule has 0 N–H and O–H groups in total. The van der Waals surface area contributed by atoms with Crippen LogP contribution < -0.4 is 4.90 Å². The van der Waals surface area contributed by atoms with Gasteiger partial charge in [0.1, 0.15) is 0 Å². The van der Waals surface area contributed by atoms with Crippen LogP contribution in [0.1, 0.15) is 10.4 Å². The predicted molar refractivity (Wildman–Crippen MR) is 82.2 cm³/mol. The highest BCUT2D eigenvalue weighted by molar-refractivity contribution is 9.10. The van der Waals surface area contributed by atoms with Crippen LogP contribution in [0.2, 0.25) is 0 Å². The lowest BCUT2D eigenvalue weighted by atomic mass is 10.2. The molecule has 1 saturated heterocycles. The summed E-state index contributed by atoms with van der Waals surface area (Å²) in [7, 11) is 0. The van der Waals surface area contributed by atoms with E-state index in [4.69, 9.17) is 0 Å². The molecule has 3 rings (SSSR count). The SMILES string of the molecule is O=C(c1cccc(Br)c1)N1CCN(c2cnsn2)CC1. The van der Waals surface area contributed by atoms with E-state index in [1.165, 1.54) is 11.7 Å². The van der Waals surface area contributed by atoms with Crippen LogP contribution in [0, 0.1) is 0 Å². The highest BCUT2D eigenvalue weighted by Crippen LogP contribution is 2.17. The summed E-state index contributed by atoms with van der Waals surface area (Å²) in [6.07, 6.45) is 1.77. The lowest BCUT2D eigenvalue weighted by Crippen LogP contribution is -2.48. The van der Waals surface area contributed by atoms with Gasteiger partial charge in [0, 0.05) is 36.2 Å². The van der Waals surface area contributed by atoms with Gasteiger partial charge in [-0.15, -0.1) is 0 Å². The van der Waals surface area contributed by atoms with Crippen LogP contribution in [-0.2, 0) is 0 Å². The van der Waals surface area contributed by atoms with Crippen molar-refractivity contribution in [1.82, 2.24) is 13.6 Å². The molecule has 1 aliphatic rings. The van der Waals surface area contributed by atoms with E-state index in [0.29, 0.717) is 13.1 Å². The molecule has 2 aromatic rings. The van der Waals surface area contributed by atoms with Gasteiger partial charge in [0.05, 0.1) is 17.9 Å². The highest BCUT2D eigenvalue weighted by atomic mass is 79.9. The fraction of sp³-hybridized carbons (Fsp3) is 0.308. The molecule has 1 aromatic heterocycles. The summed E-state index contributed by atoms with van der Waals surface area (Å²) in [6.45, 7) is 3.02. The van der Waals surface area contributed by atoms with E-state index in [9.17, 15) is 4.79 Å². The van der Waals surface area contributed by atoms with Gasteiger partial charge in [-0.2, -0.15) is 8.75 Å². The van der Waals surface area contributed by atoms with Crippen molar-refractivity contribution in [2.75, 3.05) is 31.1 Å². The molecule has 1 aromatic carbocycles. The number of piperazine rings is 1. The Bertz CT molecular complexity index is 596. The van der Waals surface area contributed by atoms with Gasteiger partial charge in [-0.1, -0.05) is 22.0 Å². The number of nitrogens with zero attached hydrogens (tertiary/aromatic N) is 4. The quantitative estimate of drug-likeness (QED) is 0.831. The van der Waals surface area contributed by atoms with E-state index < -0.39 is 0 Å². The van der Waals surface area contributed by atoms with E-state index in [-0.39, 0.29) is 5.91 Å². The molecule has 0 aliphatic carbocycles. The first-order valence-corrected chi connectivity index (χ1v) is 7.84. The van der Waals surface area contributed by atoms with Gasteiger partial charge in [-0.05, 0) is 18.2 Å². The number of hydrogen-bond donors (Lipinski definition) is 0. The third-order valence-electron chi connectivity index (χ3n) is 3.31. The maximum Gasteiger partial charge on any atom is 0.254 e. The zero-order valence-electron chi connectivity index (χ0n) is 10.7. The monoisotopic (exact) mass is 352 g/mol. The first kappa shape index (κ1) is 13.5. The Labute approximate surface area is 129 Å². The average Bonchev–Trinajstić information content (AvgIpc) is 3.01. The summed E-state index contributed by atoms with van der Waals surface area (Å²) in [4.78, 5) is 16.5. The summed E-state index contributed by atoms with van der Waals surface area (Å²) < 4.78 is 9.16. The number of amides is 1. The summed E-state index contributed by atoms with van der Waals surface area (Å²) in [5.74, 6) is 0.993. The molecule has 0 unspecified atom stereocenters. The van der Waals surface area contributed by atoms with E-state index in [1.54, 1.807) is 6.20 Å². The van der Waals surface area contributed by atoms with E-state index in [1.807, 2.05) is 29.2 Å². The molecule has 1 amide bonds.